The molecule has 8 heteroatoms. The first-order valence-corrected chi connectivity index (χ1v) is 7.73. The average molecular weight is 333 g/mol. The number of amides is 4. The Morgan fingerprint density at radius 2 is 1.96 bits per heavy atom. The van der Waals surface area contributed by atoms with Crippen molar-refractivity contribution in [3.05, 3.63) is 29.8 Å². The second kappa shape index (κ2) is 6.48. The van der Waals surface area contributed by atoms with Crippen molar-refractivity contribution in [3.8, 4) is 5.75 Å². The molecule has 3 rings (SSSR count). The maximum atomic E-state index is 12.6. The second-order valence-electron chi connectivity index (χ2n) is 5.68. The van der Waals surface area contributed by atoms with E-state index in [1.54, 1.807) is 36.3 Å². The van der Waals surface area contributed by atoms with Gasteiger partial charge in [0.25, 0.3) is 11.8 Å². The van der Waals surface area contributed by atoms with E-state index in [-0.39, 0.29) is 31.5 Å². The predicted octanol–water partition coefficient (Wildman–Crippen LogP) is -0.224. The van der Waals surface area contributed by atoms with Crippen LogP contribution in [0.4, 0.5) is 4.79 Å². The number of ether oxygens (including phenoxy) is 1. The number of fused-ring (bicyclic) bond motifs is 1. The van der Waals surface area contributed by atoms with Crippen molar-refractivity contribution in [2.45, 2.75) is 6.04 Å². The highest BCUT2D eigenvalue weighted by Gasteiger charge is 2.48. The van der Waals surface area contributed by atoms with E-state index >= 15 is 0 Å². The van der Waals surface area contributed by atoms with Gasteiger partial charge >= 0.3 is 6.03 Å². The third-order valence-electron chi connectivity index (χ3n) is 4.36. The Morgan fingerprint density at radius 3 is 2.58 bits per heavy atom. The van der Waals surface area contributed by atoms with Gasteiger partial charge in [-0.1, -0.05) is 0 Å². The number of β-amino-alcohol motifs (C(OH)–C–C–N with tert-alkyl or cyclic N) is 1. The van der Waals surface area contributed by atoms with Crippen molar-refractivity contribution in [3.63, 3.8) is 0 Å². The molecule has 2 aliphatic heterocycles. The lowest BCUT2D eigenvalue weighted by Crippen LogP contribution is -2.54. The number of hydrogen-bond acceptors (Lipinski definition) is 5. The summed E-state index contributed by atoms with van der Waals surface area (Å²) in [5.41, 5.74) is 0.508. The summed E-state index contributed by atoms with van der Waals surface area (Å²) in [6.07, 6.45) is 0. The molecule has 128 valence electrons. The molecule has 4 amide bonds. The number of imide groups is 1. The fraction of sp³-hybridized carbons (Fsp3) is 0.438. The van der Waals surface area contributed by atoms with Crippen molar-refractivity contribution < 1.29 is 24.2 Å². The standard InChI is InChI=1S/C16H19N3O5/c1-24-12-4-2-11(3-5-12)14(21)17-6-7-18-13(10-17)15(22)19(8-9-20)16(18)23/h2-5,13,20H,6-10H2,1H3/t13-/m1/s1. The Morgan fingerprint density at radius 1 is 1.25 bits per heavy atom. The number of hydrogen-bond donors (Lipinski definition) is 1. The molecule has 0 spiro atoms. The summed E-state index contributed by atoms with van der Waals surface area (Å²) in [5.74, 6) is 0.118. The van der Waals surface area contributed by atoms with Gasteiger partial charge in [0.05, 0.1) is 26.8 Å². The van der Waals surface area contributed by atoms with Gasteiger partial charge in [-0.05, 0) is 24.3 Å². The predicted molar refractivity (Wildman–Crippen MR) is 83.6 cm³/mol. The minimum absolute atomic E-state index is 0.0168. The molecule has 2 fully saturated rings. The Labute approximate surface area is 139 Å². The smallest absolute Gasteiger partial charge is 0.327 e. The Balaban J connectivity index is 1.73. The van der Waals surface area contributed by atoms with Crippen LogP contribution in [-0.2, 0) is 4.79 Å². The maximum absolute atomic E-state index is 12.6. The topological polar surface area (TPSA) is 90.4 Å². The number of piperazine rings is 1. The van der Waals surface area contributed by atoms with E-state index in [0.717, 1.165) is 4.90 Å². The summed E-state index contributed by atoms with van der Waals surface area (Å²) < 4.78 is 5.07. The lowest BCUT2D eigenvalue weighted by molar-refractivity contribution is -0.129. The van der Waals surface area contributed by atoms with Crippen LogP contribution in [0.5, 0.6) is 5.75 Å². The number of benzene rings is 1. The first kappa shape index (κ1) is 16.3. The van der Waals surface area contributed by atoms with Crippen molar-refractivity contribution in [1.29, 1.82) is 0 Å². The molecule has 2 heterocycles. The van der Waals surface area contributed by atoms with Crippen LogP contribution in [0.3, 0.4) is 0 Å². The molecule has 0 aromatic heterocycles. The fourth-order valence-electron chi connectivity index (χ4n) is 3.06. The Hall–Kier alpha value is -2.61. The van der Waals surface area contributed by atoms with Crippen LogP contribution in [0, 0.1) is 0 Å². The number of aliphatic hydroxyl groups is 1. The SMILES string of the molecule is COc1ccc(C(=O)N2CCN3C(=O)N(CCO)C(=O)[C@H]3C2)cc1. The molecule has 1 N–H and O–H groups in total. The van der Waals surface area contributed by atoms with Crippen molar-refractivity contribution >= 4 is 17.8 Å². The zero-order chi connectivity index (χ0) is 17.3. The van der Waals surface area contributed by atoms with E-state index in [1.807, 2.05) is 0 Å². The summed E-state index contributed by atoms with van der Waals surface area (Å²) in [5, 5.41) is 8.99. The van der Waals surface area contributed by atoms with Gasteiger partial charge in [-0.25, -0.2) is 4.79 Å². The van der Waals surface area contributed by atoms with Gasteiger partial charge in [-0.2, -0.15) is 0 Å². The van der Waals surface area contributed by atoms with Crippen LogP contribution >= 0.6 is 0 Å². The van der Waals surface area contributed by atoms with Gasteiger partial charge in [0.15, 0.2) is 0 Å². The first-order chi connectivity index (χ1) is 11.6. The van der Waals surface area contributed by atoms with E-state index in [1.165, 1.54) is 4.90 Å². The summed E-state index contributed by atoms with van der Waals surface area (Å²) in [7, 11) is 1.55. The van der Waals surface area contributed by atoms with Gasteiger partial charge in [0.1, 0.15) is 11.8 Å². The number of methoxy groups -OCH3 is 1. The molecule has 0 unspecified atom stereocenters. The molecule has 1 aromatic rings. The zero-order valence-electron chi connectivity index (χ0n) is 13.3. The highest BCUT2D eigenvalue weighted by Crippen LogP contribution is 2.23. The van der Waals surface area contributed by atoms with Crippen LogP contribution < -0.4 is 4.74 Å². The quantitative estimate of drug-likeness (QED) is 0.769. The number of nitrogens with zero attached hydrogens (tertiary/aromatic N) is 3. The van der Waals surface area contributed by atoms with Crippen molar-refractivity contribution in [2.24, 2.45) is 0 Å². The first-order valence-electron chi connectivity index (χ1n) is 7.73. The van der Waals surface area contributed by atoms with Gasteiger partial charge in [-0.3, -0.25) is 14.5 Å². The molecule has 1 aromatic carbocycles. The number of carbonyl (C=O) groups excluding carboxylic acids is 3. The largest absolute Gasteiger partial charge is 0.497 e. The minimum atomic E-state index is -0.667. The van der Waals surface area contributed by atoms with Crippen LogP contribution in [0.1, 0.15) is 10.4 Å². The number of carbonyl (C=O) groups is 3. The Bertz CT molecular complexity index is 660. The molecular weight excluding hydrogens is 314 g/mol. The number of rotatable bonds is 4. The average Bonchev–Trinajstić information content (AvgIpc) is 2.86. The second-order valence-corrected chi connectivity index (χ2v) is 5.68. The summed E-state index contributed by atoms with van der Waals surface area (Å²) in [6.45, 7) is 0.549. The lowest BCUT2D eigenvalue weighted by Gasteiger charge is -2.35. The minimum Gasteiger partial charge on any atom is -0.497 e. The lowest BCUT2D eigenvalue weighted by atomic mass is 10.1. The molecule has 2 aliphatic rings. The monoisotopic (exact) mass is 333 g/mol. The third kappa shape index (κ3) is 2.69. The van der Waals surface area contributed by atoms with Crippen LogP contribution in [0.2, 0.25) is 0 Å². The molecular formula is C16H19N3O5. The fourth-order valence-corrected chi connectivity index (χ4v) is 3.06. The highest BCUT2D eigenvalue weighted by molar-refractivity contribution is 6.05. The van der Waals surface area contributed by atoms with Gasteiger partial charge in [-0.15, -0.1) is 0 Å². The van der Waals surface area contributed by atoms with Crippen LogP contribution in [-0.4, -0.2) is 83.6 Å². The summed E-state index contributed by atoms with van der Waals surface area (Å²) >= 11 is 0. The molecule has 2 saturated heterocycles. The van der Waals surface area contributed by atoms with Gasteiger partial charge in [0.2, 0.25) is 0 Å². The molecule has 1 atom stereocenters. The van der Waals surface area contributed by atoms with Gasteiger partial charge in [0, 0.05) is 18.7 Å². The zero-order valence-corrected chi connectivity index (χ0v) is 13.3. The number of aliphatic hydroxyl groups excluding tert-OH is 1. The maximum Gasteiger partial charge on any atom is 0.327 e. The molecule has 0 bridgehead atoms. The van der Waals surface area contributed by atoms with E-state index in [9.17, 15) is 14.4 Å². The molecule has 0 radical (unpaired) electrons. The number of urea groups is 1. The molecule has 8 nitrogen and oxygen atoms in total. The normalized spacial score (nSPS) is 20.4. The van der Waals surface area contributed by atoms with E-state index in [4.69, 9.17) is 9.84 Å². The van der Waals surface area contributed by atoms with Crippen LogP contribution in [0.15, 0.2) is 24.3 Å². The third-order valence-corrected chi connectivity index (χ3v) is 4.36. The summed E-state index contributed by atoms with van der Waals surface area (Å²) in [6, 6.07) is 5.70. The highest BCUT2D eigenvalue weighted by atomic mass is 16.5. The molecule has 0 saturated carbocycles. The van der Waals surface area contributed by atoms with E-state index < -0.39 is 12.1 Å². The Kier molecular flexibility index (Phi) is 4.39. The van der Waals surface area contributed by atoms with Crippen LogP contribution in [0.25, 0.3) is 0 Å². The van der Waals surface area contributed by atoms with Crippen molar-refractivity contribution in [1.82, 2.24) is 14.7 Å². The molecule has 24 heavy (non-hydrogen) atoms. The van der Waals surface area contributed by atoms with E-state index in [0.29, 0.717) is 24.4 Å². The van der Waals surface area contributed by atoms with Crippen molar-refractivity contribution in [2.75, 3.05) is 39.9 Å². The molecule has 0 aliphatic carbocycles. The summed E-state index contributed by atoms with van der Waals surface area (Å²) in [4.78, 5) is 41.2. The van der Waals surface area contributed by atoms with Gasteiger partial charge < -0.3 is 19.6 Å². The van der Waals surface area contributed by atoms with E-state index in [2.05, 4.69) is 0 Å².